The summed E-state index contributed by atoms with van der Waals surface area (Å²) in [5.74, 6) is 1.23. The monoisotopic (exact) mass is 313 g/mol. The molecule has 1 fully saturated rings. The average molecular weight is 314 g/mol. The number of nitrogens with zero attached hydrogens (tertiary/aromatic N) is 5. The highest BCUT2D eigenvalue weighted by Crippen LogP contribution is 2.25. The largest absolute Gasteiger partial charge is 0.368 e. The number of aromatic nitrogens is 2. The Kier molecular flexibility index (Phi) is 4.12. The molecule has 0 saturated carbocycles. The molecule has 2 aromatic rings. The third kappa shape index (κ3) is 2.83. The van der Waals surface area contributed by atoms with Gasteiger partial charge in [0, 0.05) is 31.9 Å². The smallest absolute Gasteiger partial charge is 0.152 e. The predicted octanol–water partition coefficient (Wildman–Crippen LogP) is 2.64. The van der Waals surface area contributed by atoms with Crippen molar-refractivity contribution >= 4 is 23.1 Å². The van der Waals surface area contributed by atoms with Crippen LogP contribution in [-0.2, 0) is 0 Å². The fourth-order valence-electron chi connectivity index (χ4n) is 2.66. The van der Waals surface area contributed by atoms with Crippen molar-refractivity contribution in [3.63, 3.8) is 0 Å². The summed E-state index contributed by atoms with van der Waals surface area (Å²) in [4.78, 5) is 12.9. The van der Waals surface area contributed by atoms with Crippen molar-refractivity contribution in [2.45, 2.75) is 6.92 Å². The van der Waals surface area contributed by atoms with E-state index in [1.807, 2.05) is 18.2 Å². The van der Waals surface area contributed by atoms with Gasteiger partial charge in [-0.2, -0.15) is 5.26 Å². The molecule has 0 bridgehead atoms. The lowest BCUT2D eigenvalue weighted by Gasteiger charge is -2.37. The number of nitriles is 1. The standard InChI is InChI=1S/C16H16ClN5/c1-12-19-15(17)14(11-18)16(20-12)22-9-7-21(8-10-22)13-5-3-2-4-6-13/h2-6H,7-10H2,1H3. The van der Waals surface area contributed by atoms with E-state index < -0.39 is 0 Å². The molecule has 0 radical (unpaired) electrons. The minimum atomic E-state index is 0.232. The van der Waals surface area contributed by atoms with Crippen LogP contribution in [0.5, 0.6) is 0 Å². The van der Waals surface area contributed by atoms with Gasteiger partial charge in [-0.1, -0.05) is 29.8 Å². The molecule has 1 aliphatic rings. The van der Waals surface area contributed by atoms with Gasteiger partial charge in [0.25, 0.3) is 0 Å². The van der Waals surface area contributed by atoms with Crippen LogP contribution in [0.3, 0.4) is 0 Å². The van der Waals surface area contributed by atoms with Crippen LogP contribution >= 0.6 is 11.6 Å². The van der Waals surface area contributed by atoms with Crippen LogP contribution in [0, 0.1) is 18.3 Å². The van der Waals surface area contributed by atoms with Crippen LogP contribution in [0.15, 0.2) is 30.3 Å². The SMILES string of the molecule is Cc1nc(Cl)c(C#N)c(N2CCN(c3ccccc3)CC2)n1. The lowest BCUT2D eigenvalue weighted by Crippen LogP contribution is -2.47. The summed E-state index contributed by atoms with van der Waals surface area (Å²) in [6, 6.07) is 12.5. The molecule has 112 valence electrons. The van der Waals surface area contributed by atoms with Crippen molar-refractivity contribution in [3.05, 3.63) is 46.9 Å². The van der Waals surface area contributed by atoms with Gasteiger partial charge in [-0.25, -0.2) is 9.97 Å². The van der Waals surface area contributed by atoms with E-state index in [1.165, 1.54) is 5.69 Å². The number of hydrogen-bond acceptors (Lipinski definition) is 5. The number of aryl methyl sites for hydroxylation is 1. The van der Waals surface area contributed by atoms with E-state index >= 15 is 0 Å². The molecule has 0 aliphatic carbocycles. The van der Waals surface area contributed by atoms with Crippen molar-refractivity contribution in [2.24, 2.45) is 0 Å². The molecule has 1 saturated heterocycles. The molecule has 3 rings (SSSR count). The van der Waals surface area contributed by atoms with Crippen molar-refractivity contribution in [1.82, 2.24) is 9.97 Å². The van der Waals surface area contributed by atoms with E-state index in [1.54, 1.807) is 6.92 Å². The number of para-hydroxylation sites is 1. The molecule has 0 spiro atoms. The fourth-order valence-corrected chi connectivity index (χ4v) is 2.91. The van der Waals surface area contributed by atoms with Crippen LogP contribution in [0.2, 0.25) is 5.15 Å². The minimum absolute atomic E-state index is 0.232. The van der Waals surface area contributed by atoms with E-state index in [4.69, 9.17) is 11.6 Å². The third-order valence-electron chi connectivity index (χ3n) is 3.77. The van der Waals surface area contributed by atoms with Crippen molar-refractivity contribution < 1.29 is 0 Å². The lowest BCUT2D eigenvalue weighted by molar-refractivity contribution is 0.645. The number of halogens is 1. The summed E-state index contributed by atoms with van der Waals surface area (Å²) >= 11 is 6.07. The maximum absolute atomic E-state index is 9.30. The minimum Gasteiger partial charge on any atom is -0.368 e. The van der Waals surface area contributed by atoms with Gasteiger partial charge < -0.3 is 9.80 Å². The molecule has 2 heterocycles. The van der Waals surface area contributed by atoms with Gasteiger partial charge in [0.05, 0.1) is 0 Å². The van der Waals surface area contributed by atoms with Gasteiger partial charge >= 0.3 is 0 Å². The van der Waals surface area contributed by atoms with Crippen LogP contribution in [0.25, 0.3) is 0 Å². The molecule has 1 aromatic heterocycles. The maximum Gasteiger partial charge on any atom is 0.152 e. The molecule has 0 atom stereocenters. The lowest BCUT2D eigenvalue weighted by atomic mass is 10.2. The normalized spacial score (nSPS) is 14.8. The molecule has 22 heavy (non-hydrogen) atoms. The van der Waals surface area contributed by atoms with E-state index in [0.717, 1.165) is 26.2 Å². The number of anilines is 2. The Balaban J connectivity index is 1.79. The molecule has 1 aliphatic heterocycles. The van der Waals surface area contributed by atoms with Crippen LogP contribution in [-0.4, -0.2) is 36.1 Å². The van der Waals surface area contributed by atoms with Crippen molar-refractivity contribution in [3.8, 4) is 6.07 Å². The summed E-state index contributed by atoms with van der Waals surface area (Å²) in [6.07, 6.45) is 0. The first-order valence-electron chi connectivity index (χ1n) is 7.18. The third-order valence-corrected chi connectivity index (χ3v) is 4.04. The summed E-state index contributed by atoms with van der Waals surface area (Å²) < 4.78 is 0. The molecule has 1 aromatic carbocycles. The molecule has 0 N–H and O–H groups in total. The molecule has 5 nitrogen and oxygen atoms in total. The van der Waals surface area contributed by atoms with Gasteiger partial charge in [0.2, 0.25) is 0 Å². The van der Waals surface area contributed by atoms with Crippen molar-refractivity contribution in [2.75, 3.05) is 36.0 Å². The Labute approximate surface area is 134 Å². The maximum atomic E-state index is 9.30. The van der Waals surface area contributed by atoms with Gasteiger partial charge in [-0.15, -0.1) is 0 Å². The first-order chi connectivity index (χ1) is 10.7. The second-order valence-electron chi connectivity index (χ2n) is 5.18. The zero-order valence-corrected chi connectivity index (χ0v) is 13.1. The van der Waals surface area contributed by atoms with E-state index in [-0.39, 0.29) is 5.15 Å². The number of benzene rings is 1. The van der Waals surface area contributed by atoms with E-state index in [2.05, 4.69) is 38.0 Å². The van der Waals surface area contributed by atoms with Gasteiger partial charge in [0.15, 0.2) is 11.0 Å². The zero-order valence-electron chi connectivity index (χ0n) is 12.3. The highest BCUT2D eigenvalue weighted by Gasteiger charge is 2.22. The highest BCUT2D eigenvalue weighted by molar-refractivity contribution is 6.30. The Bertz CT molecular complexity index is 702. The van der Waals surface area contributed by atoms with E-state index in [9.17, 15) is 5.26 Å². The molecular weight excluding hydrogens is 298 g/mol. The summed E-state index contributed by atoms with van der Waals surface area (Å²) in [7, 11) is 0. The van der Waals surface area contributed by atoms with Crippen LogP contribution in [0.1, 0.15) is 11.4 Å². The first kappa shape index (κ1) is 14.6. The number of piperazine rings is 1. The number of hydrogen-bond donors (Lipinski definition) is 0. The fraction of sp³-hybridized carbons (Fsp3) is 0.312. The Morgan fingerprint density at radius 3 is 2.32 bits per heavy atom. The first-order valence-corrected chi connectivity index (χ1v) is 7.56. The Morgan fingerprint density at radius 1 is 1.05 bits per heavy atom. The van der Waals surface area contributed by atoms with Crippen molar-refractivity contribution in [1.29, 1.82) is 5.26 Å². The molecular formula is C16H16ClN5. The zero-order chi connectivity index (χ0) is 15.5. The average Bonchev–Trinajstić information content (AvgIpc) is 2.55. The second-order valence-corrected chi connectivity index (χ2v) is 5.54. The second kappa shape index (κ2) is 6.20. The van der Waals surface area contributed by atoms with Gasteiger partial charge in [0.1, 0.15) is 17.5 Å². The quantitative estimate of drug-likeness (QED) is 0.798. The molecule has 0 amide bonds. The highest BCUT2D eigenvalue weighted by atomic mass is 35.5. The molecule has 0 unspecified atom stereocenters. The van der Waals surface area contributed by atoms with Crippen LogP contribution in [0.4, 0.5) is 11.5 Å². The number of rotatable bonds is 2. The van der Waals surface area contributed by atoms with Crippen LogP contribution < -0.4 is 9.80 Å². The predicted molar refractivity (Wildman–Crippen MR) is 87.4 cm³/mol. The summed E-state index contributed by atoms with van der Waals surface area (Å²) in [5, 5.41) is 9.53. The topological polar surface area (TPSA) is 56.1 Å². The Morgan fingerprint density at radius 2 is 1.68 bits per heavy atom. The van der Waals surface area contributed by atoms with Gasteiger partial charge in [-0.05, 0) is 19.1 Å². The van der Waals surface area contributed by atoms with E-state index in [0.29, 0.717) is 17.2 Å². The molecule has 6 heteroatoms. The summed E-state index contributed by atoms with van der Waals surface area (Å²) in [6.45, 7) is 5.16. The Hall–Kier alpha value is -2.32. The summed E-state index contributed by atoms with van der Waals surface area (Å²) in [5.41, 5.74) is 1.58. The van der Waals surface area contributed by atoms with Gasteiger partial charge in [-0.3, -0.25) is 0 Å².